The molecular weight excluding hydrogens is 286 g/mol. The largest absolute Gasteiger partial charge is 0.350 e. The lowest BCUT2D eigenvalue weighted by Gasteiger charge is -2.08. The van der Waals surface area contributed by atoms with Crippen molar-refractivity contribution in [3.8, 4) is 0 Å². The molecule has 0 amide bonds. The highest BCUT2D eigenvalue weighted by Crippen LogP contribution is 2.18. The van der Waals surface area contributed by atoms with E-state index in [9.17, 15) is 0 Å². The predicted molar refractivity (Wildman–Crippen MR) is 92.3 cm³/mol. The number of aromatic nitrogens is 4. The molecule has 4 rings (SSSR count). The summed E-state index contributed by atoms with van der Waals surface area (Å²) in [6.45, 7) is 2.69. The summed E-state index contributed by atoms with van der Waals surface area (Å²) < 4.78 is 1.88. The van der Waals surface area contributed by atoms with Gasteiger partial charge in [-0.25, -0.2) is 9.97 Å². The lowest BCUT2D eigenvalue weighted by atomic mass is 10.1. The van der Waals surface area contributed by atoms with E-state index in [1.165, 1.54) is 5.56 Å². The van der Waals surface area contributed by atoms with Gasteiger partial charge in [0.25, 0.3) is 0 Å². The van der Waals surface area contributed by atoms with Crippen molar-refractivity contribution in [2.75, 3.05) is 5.32 Å². The van der Waals surface area contributed by atoms with Gasteiger partial charge < -0.3 is 5.32 Å². The fourth-order valence-electron chi connectivity index (χ4n) is 2.80. The standard InChI is InChI=1S/C18H17N5/c1-12-15-5-3-4-6-16(15)22-18(21-12)19-10-13-7-8-14-11-20-23(2)17(14)9-13/h3-9,11H,10H2,1-2H3,(H,19,21,22). The molecule has 4 aromatic rings. The summed E-state index contributed by atoms with van der Waals surface area (Å²) in [6.07, 6.45) is 1.88. The fourth-order valence-corrected chi connectivity index (χ4v) is 2.80. The van der Waals surface area contributed by atoms with Gasteiger partial charge in [0.15, 0.2) is 0 Å². The second-order valence-corrected chi connectivity index (χ2v) is 5.66. The Morgan fingerprint density at radius 2 is 1.96 bits per heavy atom. The predicted octanol–water partition coefficient (Wildman–Crippen LogP) is 3.44. The molecular formula is C18H17N5. The van der Waals surface area contributed by atoms with Crippen molar-refractivity contribution in [1.82, 2.24) is 19.7 Å². The van der Waals surface area contributed by atoms with Crippen LogP contribution in [0, 0.1) is 6.92 Å². The van der Waals surface area contributed by atoms with Crippen LogP contribution in [-0.4, -0.2) is 19.7 Å². The monoisotopic (exact) mass is 303 g/mol. The van der Waals surface area contributed by atoms with E-state index in [-0.39, 0.29) is 0 Å². The van der Waals surface area contributed by atoms with Crippen LogP contribution in [0.5, 0.6) is 0 Å². The number of hydrogen-bond donors (Lipinski definition) is 1. The summed E-state index contributed by atoms with van der Waals surface area (Å²) in [5.74, 6) is 0.659. The summed E-state index contributed by atoms with van der Waals surface area (Å²) >= 11 is 0. The lowest BCUT2D eigenvalue weighted by molar-refractivity contribution is 0.796. The van der Waals surface area contributed by atoms with Crippen LogP contribution in [0.4, 0.5) is 5.95 Å². The summed E-state index contributed by atoms with van der Waals surface area (Å²) in [6, 6.07) is 14.4. The van der Waals surface area contributed by atoms with Gasteiger partial charge in [-0.1, -0.05) is 30.3 Å². The molecule has 0 atom stereocenters. The first kappa shape index (κ1) is 13.7. The average Bonchev–Trinajstić information content (AvgIpc) is 2.94. The molecule has 5 nitrogen and oxygen atoms in total. The molecule has 2 aromatic heterocycles. The smallest absolute Gasteiger partial charge is 0.223 e. The second-order valence-electron chi connectivity index (χ2n) is 5.66. The Labute approximate surface area is 134 Å². The van der Waals surface area contributed by atoms with E-state index in [0.29, 0.717) is 12.5 Å². The Morgan fingerprint density at radius 3 is 2.87 bits per heavy atom. The third-order valence-corrected chi connectivity index (χ3v) is 4.06. The van der Waals surface area contributed by atoms with E-state index < -0.39 is 0 Å². The number of nitrogens with one attached hydrogen (secondary N) is 1. The van der Waals surface area contributed by atoms with Gasteiger partial charge in [-0.3, -0.25) is 4.68 Å². The lowest BCUT2D eigenvalue weighted by Crippen LogP contribution is -2.05. The molecule has 2 aromatic carbocycles. The quantitative estimate of drug-likeness (QED) is 0.630. The van der Waals surface area contributed by atoms with Gasteiger partial charge in [0.2, 0.25) is 5.95 Å². The highest BCUT2D eigenvalue weighted by molar-refractivity contribution is 5.81. The van der Waals surface area contributed by atoms with E-state index in [4.69, 9.17) is 0 Å². The maximum Gasteiger partial charge on any atom is 0.223 e. The maximum absolute atomic E-state index is 4.58. The average molecular weight is 303 g/mol. The molecule has 114 valence electrons. The number of anilines is 1. The van der Waals surface area contributed by atoms with Gasteiger partial charge in [-0.15, -0.1) is 0 Å². The van der Waals surface area contributed by atoms with Gasteiger partial charge in [0.1, 0.15) is 0 Å². The van der Waals surface area contributed by atoms with Gasteiger partial charge >= 0.3 is 0 Å². The van der Waals surface area contributed by atoms with E-state index in [1.54, 1.807) is 0 Å². The number of fused-ring (bicyclic) bond motifs is 2. The van der Waals surface area contributed by atoms with E-state index in [0.717, 1.165) is 27.5 Å². The first-order chi connectivity index (χ1) is 11.2. The SMILES string of the molecule is Cc1nc(NCc2ccc3cnn(C)c3c2)nc2ccccc12. The van der Waals surface area contributed by atoms with Crippen LogP contribution in [0.25, 0.3) is 21.8 Å². The highest BCUT2D eigenvalue weighted by atomic mass is 15.2. The van der Waals surface area contributed by atoms with Crippen LogP contribution in [0.1, 0.15) is 11.3 Å². The van der Waals surface area contributed by atoms with Crippen molar-refractivity contribution in [2.24, 2.45) is 7.05 Å². The molecule has 0 saturated carbocycles. The molecule has 0 spiro atoms. The van der Waals surface area contributed by atoms with Gasteiger partial charge in [0, 0.05) is 24.4 Å². The third-order valence-electron chi connectivity index (χ3n) is 4.06. The van der Waals surface area contributed by atoms with Crippen LogP contribution in [0.2, 0.25) is 0 Å². The van der Waals surface area contributed by atoms with E-state index in [1.807, 2.05) is 49.1 Å². The third kappa shape index (κ3) is 2.50. The minimum Gasteiger partial charge on any atom is -0.350 e. The number of aryl methyl sites for hydroxylation is 2. The number of para-hydroxylation sites is 1. The maximum atomic E-state index is 4.58. The minimum absolute atomic E-state index is 0.659. The Balaban J connectivity index is 1.61. The second kappa shape index (κ2) is 5.35. The highest BCUT2D eigenvalue weighted by Gasteiger charge is 2.05. The fraction of sp³-hybridized carbons (Fsp3) is 0.167. The molecule has 0 aliphatic rings. The Morgan fingerprint density at radius 1 is 1.09 bits per heavy atom. The zero-order valence-corrected chi connectivity index (χ0v) is 13.1. The van der Waals surface area contributed by atoms with Gasteiger partial charge in [-0.05, 0) is 24.6 Å². The molecule has 0 saturated heterocycles. The summed E-state index contributed by atoms with van der Waals surface area (Å²) in [5.41, 5.74) is 4.25. The van der Waals surface area contributed by atoms with Crippen LogP contribution in [-0.2, 0) is 13.6 Å². The number of hydrogen-bond acceptors (Lipinski definition) is 4. The summed E-state index contributed by atoms with van der Waals surface area (Å²) in [4.78, 5) is 9.13. The van der Waals surface area contributed by atoms with Gasteiger partial charge in [0.05, 0.1) is 22.9 Å². The van der Waals surface area contributed by atoms with Crippen molar-refractivity contribution in [3.63, 3.8) is 0 Å². The zero-order valence-electron chi connectivity index (χ0n) is 13.1. The van der Waals surface area contributed by atoms with Crippen molar-refractivity contribution < 1.29 is 0 Å². The molecule has 0 bridgehead atoms. The van der Waals surface area contributed by atoms with Crippen LogP contribution in [0.3, 0.4) is 0 Å². The molecule has 0 aliphatic heterocycles. The van der Waals surface area contributed by atoms with Crippen molar-refractivity contribution in [2.45, 2.75) is 13.5 Å². The van der Waals surface area contributed by atoms with Crippen molar-refractivity contribution >= 4 is 27.8 Å². The Bertz CT molecular complexity index is 1000. The van der Waals surface area contributed by atoms with E-state index >= 15 is 0 Å². The number of rotatable bonds is 3. The molecule has 0 aliphatic carbocycles. The molecule has 0 fully saturated rings. The molecule has 0 radical (unpaired) electrons. The van der Waals surface area contributed by atoms with Gasteiger partial charge in [-0.2, -0.15) is 5.10 Å². The van der Waals surface area contributed by atoms with Crippen molar-refractivity contribution in [1.29, 1.82) is 0 Å². The molecule has 0 unspecified atom stereocenters. The molecule has 2 heterocycles. The van der Waals surface area contributed by atoms with Crippen molar-refractivity contribution in [3.05, 3.63) is 59.9 Å². The van der Waals surface area contributed by atoms with Crippen LogP contribution in [0.15, 0.2) is 48.7 Å². The number of nitrogens with zero attached hydrogens (tertiary/aromatic N) is 4. The molecule has 1 N–H and O–H groups in total. The zero-order chi connectivity index (χ0) is 15.8. The van der Waals surface area contributed by atoms with Crippen LogP contribution < -0.4 is 5.32 Å². The van der Waals surface area contributed by atoms with Crippen LogP contribution >= 0.6 is 0 Å². The Kier molecular flexibility index (Phi) is 3.19. The molecule has 23 heavy (non-hydrogen) atoms. The summed E-state index contributed by atoms with van der Waals surface area (Å²) in [7, 11) is 1.95. The van der Waals surface area contributed by atoms with E-state index in [2.05, 4.69) is 38.6 Å². The normalized spacial score (nSPS) is 11.2. The molecule has 5 heteroatoms. The number of benzene rings is 2. The topological polar surface area (TPSA) is 55.6 Å². The summed E-state index contributed by atoms with van der Waals surface area (Å²) in [5, 5.41) is 9.83. The first-order valence-corrected chi connectivity index (χ1v) is 7.58. The minimum atomic E-state index is 0.659. The first-order valence-electron chi connectivity index (χ1n) is 7.58. The Hall–Kier alpha value is -2.95.